The van der Waals surface area contributed by atoms with Crippen molar-refractivity contribution in [2.75, 3.05) is 5.73 Å². The van der Waals surface area contributed by atoms with E-state index in [1.54, 1.807) is 13.8 Å². The second-order valence-corrected chi connectivity index (χ2v) is 4.25. The number of nitrogens with two attached hydrogens (primary N) is 1. The van der Waals surface area contributed by atoms with Crippen molar-refractivity contribution >= 4 is 17.6 Å². The van der Waals surface area contributed by atoms with Crippen LogP contribution in [0, 0.1) is 5.82 Å². The van der Waals surface area contributed by atoms with Crippen LogP contribution in [0.2, 0.25) is 0 Å². The summed E-state index contributed by atoms with van der Waals surface area (Å²) in [5.41, 5.74) is 3.76. The lowest BCUT2D eigenvalue weighted by atomic mass is 9.92. The Kier molecular flexibility index (Phi) is 4.47. The molecule has 0 aliphatic rings. The Balaban J connectivity index is 3.08. The molecule has 0 atom stereocenters. The molecular formula is C13H17FN2O3. The Labute approximate surface area is 110 Å². The monoisotopic (exact) mass is 268 g/mol. The quantitative estimate of drug-likeness (QED) is 0.710. The van der Waals surface area contributed by atoms with Crippen molar-refractivity contribution in [3.8, 4) is 0 Å². The zero-order chi connectivity index (χ0) is 14.6. The number of amides is 1. The molecule has 0 radical (unpaired) electrons. The van der Waals surface area contributed by atoms with Crippen molar-refractivity contribution < 1.29 is 19.1 Å². The average Bonchev–Trinajstić information content (AvgIpc) is 2.38. The summed E-state index contributed by atoms with van der Waals surface area (Å²) < 4.78 is 13.3. The largest absolute Gasteiger partial charge is 0.480 e. The smallest absolute Gasteiger partial charge is 0.329 e. The van der Waals surface area contributed by atoms with Crippen LogP contribution in [0.1, 0.15) is 37.0 Å². The van der Waals surface area contributed by atoms with Gasteiger partial charge in [0, 0.05) is 0 Å². The van der Waals surface area contributed by atoms with E-state index in [9.17, 15) is 19.1 Å². The number of aliphatic carboxylic acids is 1. The lowest BCUT2D eigenvalue weighted by Crippen LogP contribution is -2.53. The van der Waals surface area contributed by atoms with Gasteiger partial charge >= 0.3 is 5.97 Å². The molecule has 0 heterocycles. The van der Waals surface area contributed by atoms with Gasteiger partial charge in [-0.05, 0) is 25.0 Å². The van der Waals surface area contributed by atoms with E-state index >= 15 is 0 Å². The predicted octanol–water partition coefficient (Wildman–Crippen LogP) is 1.78. The van der Waals surface area contributed by atoms with E-state index < -0.39 is 23.2 Å². The van der Waals surface area contributed by atoms with Crippen molar-refractivity contribution in [2.45, 2.75) is 32.2 Å². The standard InChI is InChI=1S/C13H17FN2O3/c1-3-13(4-2,12(18)19)16-11(17)8-6-5-7-9(14)10(8)15/h5-7H,3-4,15H2,1-2H3,(H,16,17)(H,18,19). The number of carbonyl (C=O) groups is 2. The SMILES string of the molecule is CCC(CC)(NC(=O)c1cccc(F)c1N)C(=O)O. The number of rotatable bonds is 5. The Morgan fingerprint density at radius 3 is 2.42 bits per heavy atom. The van der Waals surface area contributed by atoms with Gasteiger partial charge in [0.25, 0.3) is 5.91 Å². The zero-order valence-electron chi connectivity index (χ0n) is 10.9. The van der Waals surface area contributed by atoms with E-state index in [0.717, 1.165) is 6.07 Å². The third kappa shape index (κ3) is 2.83. The van der Waals surface area contributed by atoms with Crippen molar-refractivity contribution in [3.63, 3.8) is 0 Å². The van der Waals surface area contributed by atoms with Gasteiger partial charge in [-0.1, -0.05) is 19.9 Å². The molecular weight excluding hydrogens is 251 g/mol. The fourth-order valence-corrected chi connectivity index (χ4v) is 1.80. The van der Waals surface area contributed by atoms with Gasteiger partial charge in [0.05, 0.1) is 11.3 Å². The first-order valence-corrected chi connectivity index (χ1v) is 5.97. The molecule has 1 rings (SSSR count). The number of carbonyl (C=O) groups excluding carboxylic acids is 1. The van der Waals surface area contributed by atoms with Gasteiger partial charge < -0.3 is 16.2 Å². The van der Waals surface area contributed by atoms with Crippen molar-refractivity contribution in [3.05, 3.63) is 29.6 Å². The molecule has 0 aliphatic heterocycles. The van der Waals surface area contributed by atoms with Gasteiger partial charge in [0.1, 0.15) is 11.4 Å². The lowest BCUT2D eigenvalue weighted by Gasteiger charge is -2.28. The van der Waals surface area contributed by atoms with Crippen LogP contribution in [0.4, 0.5) is 10.1 Å². The summed E-state index contributed by atoms with van der Waals surface area (Å²) >= 11 is 0. The van der Waals surface area contributed by atoms with Crippen LogP contribution < -0.4 is 11.1 Å². The summed E-state index contributed by atoms with van der Waals surface area (Å²) in [4.78, 5) is 23.3. The maximum absolute atomic E-state index is 13.3. The van der Waals surface area contributed by atoms with Gasteiger partial charge in [-0.15, -0.1) is 0 Å². The van der Waals surface area contributed by atoms with E-state index in [2.05, 4.69) is 5.32 Å². The Morgan fingerprint density at radius 2 is 1.95 bits per heavy atom. The molecule has 5 nitrogen and oxygen atoms in total. The summed E-state index contributed by atoms with van der Waals surface area (Å²) in [5.74, 6) is -2.52. The molecule has 4 N–H and O–H groups in total. The number of nitrogen functional groups attached to an aromatic ring is 1. The number of hydrogen-bond donors (Lipinski definition) is 3. The van der Waals surface area contributed by atoms with Crippen molar-refractivity contribution in [2.24, 2.45) is 0 Å². The van der Waals surface area contributed by atoms with Gasteiger partial charge in [-0.25, -0.2) is 9.18 Å². The summed E-state index contributed by atoms with van der Waals surface area (Å²) in [6, 6.07) is 3.84. The van der Waals surface area contributed by atoms with E-state index in [1.807, 2.05) is 0 Å². The zero-order valence-corrected chi connectivity index (χ0v) is 10.9. The number of nitrogens with one attached hydrogen (secondary N) is 1. The average molecular weight is 268 g/mol. The molecule has 1 aromatic rings. The van der Waals surface area contributed by atoms with Crippen LogP contribution in [0.25, 0.3) is 0 Å². The number of halogens is 1. The second-order valence-electron chi connectivity index (χ2n) is 4.25. The Hall–Kier alpha value is -2.11. The maximum atomic E-state index is 13.3. The van der Waals surface area contributed by atoms with E-state index in [1.165, 1.54) is 12.1 Å². The third-order valence-electron chi connectivity index (χ3n) is 3.27. The van der Waals surface area contributed by atoms with Gasteiger partial charge in [0.15, 0.2) is 0 Å². The molecule has 0 aliphatic carbocycles. The molecule has 0 aromatic heterocycles. The summed E-state index contributed by atoms with van der Waals surface area (Å²) in [5, 5.41) is 11.7. The van der Waals surface area contributed by atoms with Crippen LogP contribution in [-0.4, -0.2) is 22.5 Å². The second kappa shape index (κ2) is 5.69. The molecule has 1 aromatic carbocycles. The van der Waals surface area contributed by atoms with Crippen LogP contribution in [-0.2, 0) is 4.79 Å². The fraction of sp³-hybridized carbons (Fsp3) is 0.385. The van der Waals surface area contributed by atoms with Crippen LogP contribution in [0.15, 0.2) is 18.2 Å². The topological polar surface area (TPSA) is 92.4 Å². The van der Waals surface area contributed by atoms with Crippen molar-refractivity contribution in [1.29, 1.82) is 0 Å². The lowest BCUT2D eigenvalue weighted by molar-refractivity contribution is -0.144. The van der Waals surface area contributed by atoms with Crippen molar-refractivity contribution in [1.82, 2.24) is 5.32 Å². The first kappa shape index (κ1) is 14.9. The molecule has 0 spiro atoms. The minimum Gasteiger partial charge on any atom is -0.480 e. The van der Waals surface area contributed by atoms with E-state index in [4.69, 9.17) is 5.73 Å². The maximum Gasteiger partial charge on any atom is 0.329 e. The van der Waals surface area contributed by atoms with Crippen LogP contribution in [0.3, 0.4) is 0 Å². The van der Waals surface area contributed by atoms with Crippen LogP contribution in [0.5, 0.6) is 0 Å². The number of anilines is 1. The van der Waals surface area contributed by atoms with Gasteiger partial charge in [0.2, 0.25) is 0 Å². The third-order valence-corrected chi connectivity index (χ3v) is 3.27. The number of carboxylic acid groups (broad SMARTS) is 1. The predicted molar refractivity (Wildman–Crippen MR) is 69.2 cm³/mol. The molecule has 1 amide bonds. The summed E-state index contributed by atoms with van der Waals surface area (Å²) in [6.45, 7) is 3.32. The Morgan fingerprint density at radius 1 is 1.37 bits per heavy atom. The van der Waals surface area contributed by atoms with E-state index in [-0.39, 0.29) is 24.1 Å². The molecule has 104 valence electrons. The van der Waals surface area contributed by atoms with Gasteiger partial charge in [-0.3, -0.25) is 4.79 Å². The molecule has 0 fully saturated rings. The highest BCUT2D eigenvalue weighted by atomic mass is 19.1. The molecule has 0 saturated heterocycles. The first-order chi connectivity index (χ1) is 8.88. The molecule has 6 heteroatoms. The summed E-state index contributed by atoms with van der Waals surface area (Å²) in [7, 11) is 0. The molecule has 0 bridgehead atoms. The molecule has 0 unspecified atom stereocenters. The highest BCUT2D eigenvalue weighted by Gasteiger charge is 2.37. The minimum absolute atomic E-state index is 0.0625. The molecule has 19 heavy (non-hydrogen) atoms. The number of carboxylic acids is 1. The number of para-hydroxylation sites is 1. The highest BCUT2D eigenvalue weighted by molar-refractivity contribution is 6.01. The minimum atomic E-state index is -1.37. The highest BCUT2D eigenvalue weighted by Crippen LogP contribution is 2.20. The summed E-state index contributed by atoms with van der Waals surface area (Å²) in [6.07, 6.45) is 0.444. The van der Waals surface area contributed by atoms with Gasteiger partial charge in [-0.2, -0.15) is 0 Å². The van der Waals surface area contributed by atoms with E-state index in [0.29, 0.717) is 0 Å². The van der Waals surface area contributed by atoms with Crippen LogP contribution >= 0.6 is 0 Å². The fourth-order valence-electron chi connectivity index (χ4n) is 1.80. The number of benzene rings is 1. The Bertz CT molecular complexity index is 499. The molecule has 0 saturated carbocycles. The first-order valence-electron chi connectivity index (χ1n) is 5.97. The normalized spacial score (nSPS) is 11.1. The number of hydrogen-bond acceptors (Lipinski definition) is 3.